The molecule has 2 amide bonds. The van der Waals surface area contributed by atoms with Crippen LogP contribution in [0.3, 0.4) is 0 Å². The third-order valence-electron chi connectivity index (χ3n) is 4.94. The second-order valence-corrected chi connectivity index (χ2v) is 6.98. The molecule has 1 aliphatic rings. The van der Waals surface area contributed by atoms with E-state index in [9.17, 15) is 9.59 Å². The zero-order valence-electron chi connectivity index (χ0n) is 14.9. The van der Waals surface area contributed by atoms with Crippen molar-refractivity contribution in [1.82, 2.24) is 9.80 Å². The van der Waals surface area contributed by atoms with Gasteiger partial charge in [0, 0.05) is 50.5 Å². The number of nitrogens with zero attached hydrogens (tertiary/aromatic N) is 2. The number of benzene rings is 2. The molecule has 0 N–H and O–H groups in total. The molecule has 0 aliphatic carbocycles. The number of piperazine rings is 1. The molecule has 5 heteroatoms. The maximum Gasteiger partial charge on any atom is 0.223 e. The SMILES string of the molecule is CC(=O)N1CCN(C(=O)C[C@@H](c2ccccc2)c2ccccc2Cl)CC1. The van der Waals surface area contributed by atoms with Crippen LogP contribution in [0.15, 0.2) is 54.6 Å². The van der Waals surface area contributed by atoms with Crippen molar-refractivity contribution in [2.75, 3.05) is 26.2 Å². The fraction of sp³-hybridized carbons (Fsp3) is 0.333. The Morgan fingerprint density at radius 2 is 1.50 bits per heavy atom. The van der Waals surface area contributed by atoms with Crippen LogP contribution in [0.25, 0.3) is 0 Å². The molecular formula is C21H23ClN2O2. The van der Waals surface area contributed by atoms with E-state index in [2.05, 4.69) is 0 Å². The Bertz CT molecular complexity index is 771. The van der Waals surface area contributed by atoms with Crippen LogP contribution in [0.4, 0.5) is 0 Å². The summed E-state index contributed by atoms with van der Waals surface area (Å²) < 4.78 is 0. The highest BCUT2D eigenvalue weighted by Gasteiger charge is 2.26. The number of halogens is 1. The van der Waals surface area contributed by atoms with Gasteiger partial charge in [0.25, 0.3) is 0 Å². The first-order chi connectivity index (χ1) is 12.6. The molecule has 4 nitrogen and oxygen atoms in total. The number of amides is 2. The van der Waals surface area contributed by atoms with Gasteiger partial charge in [-0.1, -0.05) is 60.1 Å². The highest BCUT2D eigenvalue weighted by Crippen LogP contribution is 2.33. The van der Waals surface area contributed by atoms with Gasteiger partial charge in [0.2, 0.25) is 11.8 Å². The minimum absolute atomic E-state index is 0.0651. The van der Waals surface area contributed by atoms with E-state index in [4.69, 9.17) is 11.6 Å². The molecule has 0 spiro atoms. The van der Waals surface area contributed by atoms with E-state index in [0.29, 0.717) is 37.6 Å². The Hall–Kier alpha value is -2.33. The van der Waals surface area contributed by atoms with Gasteiger partial charge in [0.1, 0.15) is 0 Å². The molecule has 1 fully saturated rings. The van der Waals surface area contributed by atoms with Gasteiger partial charge in [0.05, 0.1) is 0 Å². The zero-order chi connectivity index (χ0) is 18.5. The minimum Gasteiger partial charge on any atom is -0.339 e. The van der Waals surface area contributed by atoms with Crippen LogP contribution in [0.1, 0.15) is 30.4 Å². The molecule has 1 saturated heterocycles. The lowest BCUT2D eigenvalue weighted by Crippen LogP contribution is -2.50. The van der Waals surface area contributed by atoms with Gasteiger partial charge in [0.15, 0.2) is 0 Å². The maximum atomic E-state index is 12.9. The van der Waals surface area contributed by atoms with Crippen molar-refractivity contribution in [3.05, 3.63) is 70.7 Å². The predicted molar refractivity (Wildman–Crippen MR) is 103 cm³/mol. The number of rotatable bonds is 4. The van der Waals surface area contributed by atoms with Crippen LogP contribution >= 0.6 is 11.6 Å². The van der Waals surface area contributed by atoms with Gasteiger partial charge in [-0.15, -0.1) is 0 Å². The van der Waals surface area contributed by atoms with E-state index in [0.717, 1.165) is 11.1 Å². The van der Waals surface area contributed by atoms with E-state index < -0.39 is 0 Å². The Kier molecular flexibility index (Phi) is 5.94. The molecule has 0 radical (unpaired) electrons. The van der Waals surface area contributed by atoms with Crippen molar-refractivity contribution in [2.45, 2.75) is 19.3 Å². The van der Waals surface area contributed by atoms with Crippen molar-refractivity contribution in [2.24, 2.45) is 0 Å². The van der Waals surface area contributed by atoms with Crippen LogP contribution in [0.2, 0.25) is 5.02 Å². The summed E-state index contributed by atoms with van der Waals surface area (Å²) in [5.74, 6) is 0.0838. The summed E-state index contributed by atoms with van der Waals surface area (Å²) in [5, 5.41) is 0.676. The molecular weight excluding hydrogens is 348 g/mol. The minimum atomic E-state index is -0.0803. The van der Waals surface area contributed by atoms with Crippen molar-refractivity contribution >= 4 is 23.4 Å². The normalized spacial score (nSPS) is 15.6. The third kappa shape index (κ3) is 4.25. The Balaban J connectivity index is 1.78. The van der Waals surface area contributed by atoms with Crippen molar-refractivity contribution in [3.63, 3.8) is 0 Å². The summed E-state index contributed by atoms with van der Waals surface area (Å²) in [7, 11) is 0. The van der Waals surface area contributed by atoms with Crippen molar-refractivity contribution in [1.29, 1.82) is 0 Å². The summed E-state index contributed by atoms with van der Waals surface area (Å²) in [6.45, 7) is 3.94. The molecule has 2 aromatic rings. The zero-order valence-corrected chi connectivity index (χ0v) is 15.7. The summed E-state index contributed by atoms with van der Waals surface area (Å²) >= 11 is 6.42. The van der Waals surface area contributed by atoms with Gasteiger partial charge in [-0.25, -0.2) is 0 Å². The molecule has 0 saturated carbocycles. The second kappa shape index (κ2) is 8.37. The van der Waals surface area contributed by atoms with Crippen molar-refractivity contribution < 1.29 is 9.59 Å². The Morgan fingerprint density at radius 1 is 0.923 bits per heavy atom. The number of hydrogen-bond donors (Lipinski definition) is 0. The average Bonchev–Trinajstić information content (AvgIpc) is 2.67. The van der Waals surface area contributed by atoms with E-state index >= 15 is 0 Å². The Labute approximate surface area is 159 Å². The summed E-state index contributed by atoms with van der Waals surface area (Å²) in [4.78, 5) is 28.0. The molecule has 1 atom stereocenters. The average molecular weight is 371 g/mol. The van der Waals surface area contributed by atoms with Gasteiger partial charge in [-0.3, -0.25) is 9.59 Å². The van der Waals surface area contributed by atoms with E-state index in [-0.39, 0.29) is 17.7 Å². The van der Waals surface area contributed by atoms with Crippen LogP contribution in [-0.4, -0.2) is 47.8 Å². The summed E-state index contributed by atoms with van der Waals surface area (Å²) in [6, 6.07) is 17.7. The standard InChI is InChI=1S/C21H23ClN2O2/c1-16(25)23-11-13-24(14-12-23)21(26)15-19(17-7-3-2-4-8-17)18-9-5-6-10-20(18)22/h2-10,19H,11-15H2,1H3/t19-/m0/s1. The fourth-order valence-electron chi connectivity index (χ4n) is 3.42. The monoisotopic (exact) mass is 370 g/mol. The first-order valence-corrected chi connectivity index (χ1v) is 9.26. The molecule has 2 aromatic carbocycles. The molecule has 1 aliphatic heterocycles. The molecule has 1 heterocycles. The first kappa shape index (κ1) is 18.5. The lowest BCUT2D eigenvalue weighted by Gasteiger charge is -2.35. The number of carbonyl (C=O) groups excluding carboxylic acids is 2. The summed E-state index contributed by atoms with van der Waals surface area (Å²) in [5.41, 5.74) is 2.05. The quantitative estimate of drug-likeness (QED) is 0.825. The van der Waals surface area contributed by atoms with Gasteiger partial charge >= 0.3 is 0 Å². The highest BCUT2D eigenvalue weighted by molar-refractivity contribution is 6.31. The first-order valence-electron chi connectivity index (χ1n) is 8.89. The molecule has 0 bridgehead atoms. The van der Waals surface area contributed by atoms with E-state index in [1.54, 1.807) is 11.8 Å². The van der Waals surface area contributed by atoms with E-state index in [1.165, 1.54) is 0 Å². The van der Waals surface area contributed by atoms with Crippen molar-refractivity contribution in [3.8, 4) is 0 Å². The van der Waals surface area contributed by atoms with Crippen LogP contribution in [0.5, 0.6) is 0 Å². The maximum absolute atomic E-state index is 12.9. The number of hydrogen-bond acceptors (Lipinski definition) is 2. The predicted octanol–water partition coefficient (Wildman–Crippen LogP) is 3.55. The van der Waals surface area contributed by atoms with Gasteiger partial charge in [-0.2, -0.15) is 0 Å². The smallest absolute Gasteiger partial charge is 0.223 e. The summed E-state index contributed by atoms with van der Waals surface area (Å²) in [6.07, 6.45) is 0.369. The lowest BCUT2D eigenvalue weighted by molar-refractivity contribution is -0.138. The third-order valence-corrected chi connectivity index (χ3v) is 5.28. The molecule has 0 aromatic heterocycles. The van der Waals surface area contributed by atoms with Gasteiger partial charge < -0.3 is 9.80 Å². The highest BCUT2D eigenvalue weighted by atomic mass is 35.5. The van der Waals surface area contributed by atoms with Crippen LogP contribution in [-0.2, 0) is 9.59 Å². The van der Waals surface area contributed by atoms with Crippen LogP contribution in [0, 0.1) is 0 Å². The van der Waals surface area contributed by atoms with E-state index in [1.807, 2.05) is 59.5 Å². The second-order valence-electron chi connectivity index (χ2n) is 6.58. The van der Waals surface area contributed by atoms with Gasteiger partial charge in [-0.05, 0) is 17.2 Å². The topological polar surface area (TPSA) is 40.6 Å². The largest absolute Gasteiger partial charge is 0.339 e. The fourth-order valence-corrected chi connectivity index (χ4v) is 3.69. The molecule has 26 heavy (non-hydrogen) atoms. The van der Waals surface area contributed by atoms with Crippen LogP contribution < -0.4 is 0 Å². The molecule has 3 rings (SSSR count). The molecule has 0 unspecified atom stereocenters. The Morgan fingerprint density at radius 3 is 2.12 bits per heavy atom. The number of carbonyl (C=O) groups is 2. The molecule has 136 valence electrons. The lowest BCUT2D eigenvalue weighted by atomic mass is 9.88.